The summed E-state index contributed by atoms with van der Waals surface area (Å²) >= 11 is 5.35. The number of allylic oxidation sites excluding steroid dienone is 2. The van der Waals surface area contributed by atoms with Crippen molar-refractivity contribution in [2.24, 2.45) is 5.92 Å². The number of nitrogens with one attached hydrogen (secondary N) is 2. The van der Waals surface area contributed by atoms with E-state index >= 15 is 0 Å². The molecule has 3 aliphatic rings. The maximum atomic E-state index is 14.2. The molecule has 1 saturated carbocycles. The van der Waals surface area contributed by atoms with Crippen molar-refractivity contribution in [1.29, 1.82) is 0 Å². The summed E-state index contributed by atoms with van der Waals surface area (Å²) in [4.78, 5) is 8.26. The van der Waals surface area contributed by atoms with Crippen LogP contribution in [0.1, 0.15) is 0 Å². The Balaban J connectivity index is 1.21. The molecule has 1 unspecified atom stereocenters. The molecule has 0 aromatic carbocycles. The van der Waals surface area contributed by atoms with Crippen LogP contribution in [0.3, 0.4) is 0 Å². The summed E-state index contributed by atoms with van der Waals surface area (Å²) in [7, 11) is 0. The standard InChI is InChI=1S/C21H16F2N4O2S/c22-14-4-5-15(23)20-18(14)17-13(10-28-20)19(17)27-21(30)26-16-6-3-12(9-25-16)29-11-2-1-7-24-8-11/h1-9,13,19-20H,10H2,(H2,25,26,27,30)/t13-,19+,20?/m1/s1. The quantitative estimate of drug-likeness (QED) is 0.717. The Hall–Kier alpha value is -3.17. The lowest BCUT2D eigenvalue weighted by atomic mass is 9.99. The number of hydrogen-bond donors (Lipinski definition) is 2. The molecule has 2 N–H and O–H groups in total. The second-order valence-corrected chi connectivity index (χ2v) is 7.41. The summed E-state index contributed by atoms with van der Waals surface area (Å²) in [5, 5.41) is 6.46. The van der Waals surface area contributed by atoms with E-state index < -0.39 is 17.8 Å². The van der Waals surface area contributed by atoms with Gasteiger partial charge in [-0.3, -0.25) is 4.98 Å². The van der Waals surface area contributed by atoms with Gasteiger partial charge in [0.15, 0.2) is 5.11 Å². The van der Waals surface area contributed by atoms with Crippen LogP contribution in [0.15, 0.2) is 77.8 Å². The third kappa shape index (κ3) is 3.57. The fourth-order valence-corrected chi connectivity index (χ4v) is 3.88. The molecule has 0 saturated heterocycles. The molecule has 2 aliphatic carbocycles. The van der Waals surface area contributed by atoms with Gasteiger partial charge in [-0.25, -0.2) is 13.8 Å². The first kappa shape index (κ1) is 18.8. The normalized spacial score (nSPS) is 24.1. The molecule has 3 heterocycles. The summed E-state index contributed by atoms with van der Waals surface area (Å²) in [5.74, 6) is 0.726. The molecule has 0 spiro atoms. The highest BCUT2D eigenvalue weighted by Crippen LogP contribution is 2.50. The van der Waals surface area contributed by atoms with Gasteiger partial charge in [0.2, 0.25) is 0 Å². The van der Waals surface area contributed by atoms with Crippen LogP contribution >= 0.6 is 12.2 Å². The van der Waals surface area contributed by atoms with Crippen molar-refractivity contribution >= 4 is 23.1 Å². The second kappa shape index (κ2) is 7.58. The van der Waals surface area contributed by atoms with Crippen LogP contribution in [-0.2, 0) is 4.74 Å². The molecular weight excluding hydrogens is 410 g/mol. The van der Waals surface area contributed by atoms with E-state index in [0.29, 0.717) is 29.0 Å². The summed E-state index contributed by atoms with van der Waals surface area (Å²) in [6.07, 6.45) is 6.12. The third-order valence-electron chi connectivity index (χ3n) is 5.07. The van der Waals surface area contributed by atoms with Crippen molar-refractivity contribution in [1.82, 2.24) is 15.3 Å². The number of aromatic nitrogens is 2. The number of anilines is 1. The number of fused-ring (bicyclic) bond motifs is 2. The van der Waals surface area contributed by atoms with Gasteiger partial charge in [-0.05, 0) is 54.2 Å². The van der Waals surface area contributed by atoms with Crippen LogP contribution < -0.4 is 15.4 Å². The van der Waals surface area contributed by atoms with Crippen LogP contribution in [0, 0.1) is 5.92 Å². The van der Waals surface area contributed by atoms with Gasteiger partial charge >= 0.3 is 0 Å². The lowest BCUT2D eigenvalue weighted by Gasteiger charge is -2.23. The fraction of sp³-hybridized carbons (Fsp3) is 0.190. The number of nitrogens with zero attached hydrogens (tertiary/aromatic N) is 2. The zero-order chi connectivity index (χ0) is 20.7. The predicted octanol–water partition coefficient (Wildman–Crippen LogP) is 3.97. The van der Waals surface area contributed by atoms with E-state index in [-0.39, 0.29) is 17.5 Å². The molecule has 30 heavy (non-hydrogen) atoms. The summed E-state index contributed by atoms with van der Waals surface area (Å²) in [6, 6.07) is 6.86. The van der Waals surface area contributed by atoms with E-state index in [2.05, 4.69) is 20.6 Å². The molecular formula is C21H16F2N4O2S. The maximum absolute atomic E-state index is 14.2. The highest BCUT2D eigenvalue weighted by atomic mass is 32.1. The molecule has 3 atom stereocenters. The maximum Gasteiger partial charge on any atom is 0.172 e. The van der Waals surface area contributed by atoms with Crippen LogP contribution in [0.4, 0.5) is 14.6 Å². The van der Waals surface area contributed by atoms with E-state index in [1.807, 2.05) is 0 Å². The molecule has 1 fully saturated rings. The van der Waals surface area contributed by atoms with Crippen LogP contribution in [0.2, 0.25) is 0 Å². The van der Waals surface area contributed by atoms with Crippen molar-refractivity contribution in [2.45, 2.75) is 12.1 Å². The topological polar surface area (TPSA) is 68.3 Å². The number of halogens is 2. The largest absolute Gasteiger partial charge is 0.454 e. The molecule has 5 rings (SSSR count). The Morgan fingerprint density at radius 3 is 2.80 bits per heavy atom. The Bertz CT molecular complexity index is 1090. The molecule has 0 amide bonds. The Morgan fingerprint density at radius 2 is 2.03 bits per heavy atom. The highest BCUT2D eigenvalue weighted by molar-refractivity contribution is 7.80. The molecule has 152 valence electrons. The Labute approximate surface area is 176 Å². The second-order valence-electron chi connectivity index (χ2n) is 7.00. The lowest BCUT2D eigenvalue weighted by Crippen LogP contribution is -2.32. The van der Waals surface area contributed by atoms with E-state index in [4.69, 9.17) is 21.7 Å². The summed E-state index contributed by atoms with van der Waals surface area (Å²) in [6.45, 7) is 0.316. The molecule has 0 bridgehead atoms. The third-order valence-corrected chi connectivity index (χ3v) is 5.29. The molecule has 0 radical (unpaired) electrons. The Kier molecular flexibility index (Phi) is 4.76. The van der Waals surface area contributed by atoms with Crippen molar-refractivity contribution in [3.63, 3.8) is 0 Å². The van der Waals surface area contributed by atoms with Gasteiger partial charge in [0, 0.05) is 17.7 Å². The van der Waals surface area contributed by atoms with E-state index in [1.54, 1.807) is 42.9 Å². The van der Waals surface area contributed by atoms with Crippen molar-refractivity contribution in [3.8, 4) is 11.5 Å². The molecule has 2 aromatic rings. The van der Waals surface area contributed by atoms with Crippen molar-refractivity contribution < 1.29 is 18.3 Å². The van der Waals surface area contributed by atoms with Gasteiger partial charge < -0.3 is 20.1 Å². The minimum atomic E-state index is -0.955. The first-order valence-electron chi connectivity index (χ1n) is 9.30. The number of hydrogen-bond acceptors (Lipinski definition) is 5. The average molecular weight is 426 g/mol. The minimum absolute atomic E-state index is 0.0238. The first-order chi connectivity index (χ1) is 14.6. The Morgan fingerprint density at radius 1 is 1.17 bits per heavy atom. The van der Waals surface area contributed by atoms with E-state index in [9.17, 15) is 8.78 Å². The van der Waals surface area contributed by atoms with E-state index in [0.717, 1.165) is 17.7 Å². The smallest absolute Gasteiger partial charge is 0.172 e. The van der Waals surface area contributed by atoms with Gasteiger partial charge in [-0.2, -0.15) is 0 Å². The van der Waals surface area contributed by atoms with Gasteiger partial charge in [0.25, 0.3) is 0 Å². The van der Waals surface area contributed by atoms with Crippen molar-refractivity contribution in [2.75, 3.05) is 11.9 Å². The van der Waals surface area contributed by atoms with E-state index in [1.165, 1.54) is 0 Å². The van der Waals surface area contributed by atoms with Crippen molar-refractivity contribution in [3.05, 3.63) is 77.8 Å². The van der Waals surface area contributed by atoms with Crippen LogP contribution in [0.25, 0.3) is 0 Å². The fourth-order valence-electron chi connectivity index (χ4n) is 3.65. The first-order valence-corrected chi connectivity index (χ1v) is 9.71. The molecule has 9 heteroatoms. The van der Waals surface area contributed by atoms with Crippen LogP contribution in [-0.4, -0.2) is 33.8 Å². The van der Waals surface area contributed by atoms with Gasteiger partial charge in [-0.15, -0.1) is 0 Å². The number of rotatable bonds is 4. The van der Waals surface area contributed by atoms with Gasteiger partial charge in [0.05, 0.1) is 25.0 Å². The number of thiocarbonyl (C=S) groups is 1. The lowest BCUT2D eigenvalue weighted by molar-refractivity contribution is 0.0693. The monoisotopic (exact) mass is 426 g/mol. The zero-order valence-electron chi connectivity index (χ0n) is 15.5. The molecule has 1 aliphatic heterocycles. The number of ether oxygens (including phenoxy) is 2. The summed E-state index contributed by atoms with van der Waals surface area (Å²) in [5.41, 5.74) is 1.09. The number of pyridine rings is 2. The van der Waals surface area contributed by atoms with Crippen LogP contribution in [0.5, 0.6) is 11.5 Å². The van der Waals surface area contributed by atoms with Gasteiger partial charge in [0.1, 0.15) is 35.1 Å². The van der Waals surface area contributed by atoms with Gasteiger partial charge in [-0.1, -0.05) is 0 Å². The molecule has 2 aromatic heterocycles. The zero-order valence-corrected chi connectivity index (χ0v) is 16.3. The SMILES string of the molecule is FC1=CC=C(F)C2OC[C@@H]3C(=C12)[C@H]3NC(=S)Nc1ccc(Oc2cccnc2)cn1. The average Bonchev–Trinajstić information content (AvgIpc) is 3.45. The predicted molar refractivity (Wildman–Crippen MR) is 110 cm³/mol. The summed E-state index contributed by atoms with van der Waals surface area (Å²) < 4.78 is 39.3. The molecule has 6 nitrogen and oxygen atoms in total. The highest BCUT2D eigenvalue weighted by Gasteiger charge is 2.53. The minimum Gasteiger partial charge on any atom is -0.454 e.